The minimum atomic E-state index is -0.687. The van der Waals surface area contributed by atoms with E-state index in [2.05, 4.69) is 5.32 Å². The normalized spacial score (nSPS) is 12.0. The Morgan fingerprint density at radius 3 is 2.40 bits per heavy atom. The summed E-state index contributed by atoms with van der Waals surface area (Å²) in [5, 5.41) is 2.88. The smallest absolute Gasteiger partial charge is 0.249 e. The SMILES string of the molecule is CC(C)CC(=O)NC(C(=O)N(C)Cc1ccc(Cl)s1)c1ccccc1. The van der Waals surface area contributed by atoms with Crippen molar-refractivity contribution in [3.05, 3.63) is 57.2 Å². The first kappa shape index (κ1) is 19.5. The third-order valence-electron chi connectivity index (χ3n) is 3.68. The highest BCUT2D eigenvalue weighted by molar-refractivity contribution is 7.16. The van der Waals surface area contributed by atoms with Gasteiger partial charge < -0.3 is 10.2 Å². The molecule has 0 aliphatic rings. The molecule has 1 aromatic heterocycles. The summed E-state index contributed by atoms with van der Waals surface area (Å²) in [4.78, 5) is 27.8. The topological polar surface area (TPSA) is 49.4 Å². The molecule has 1 heterocycles. The molecule has 0 fully saturated rings. The van der Waals surface area contributed by atoms with E-state index in [1.807, 2.05) is 56.3 Å². The average molecular weight is 379 g/mol. The van der Waals surface area contributed by atoms with Gasteiger partial charge in [-0.05, 0) is 23.6 Å². The van der Waals surface area contributed by atoms with Gasteiger partial charge in [0, 0.05) is 18.3 Å². The minimum Gasteiger partial charge on any atom is -0.341 e. The standard InChI is InChI=1S/C19H23ClN2O2S/c1-13(2)11-17(23)21-18(14-7-5-4-6-8-14)19(24)22(3)12-15-9-10-16(20)25-15/h4-10,13,18H,11-12H2,1-3H3,(H,21,23). The molecular weight excluding hydrogens is 356 g/mol. The summed E-state index contributed by atoms with van der Waals surface area (Å²) in [7, 11) is 1.74. The number of carbonyl (C=O) groups excluding carboxylic acids is 2. The Labute approximate surface area is 157 Å². The van der Waals surface area contributed by atoms with Gasteiger partial charge in [0.05, 0.1) is 10.9 Å². The van der Waals surface area contributed by atoms with E-state index in [9.17, 15) is 9.59 Å². The van der Waals surface area contributed by atoms with Crippen LogP contribution in [0.25, 0.3) is 0 Å². The summed E-state index contributed by atoms with van der Waals surface area (Å²) in [5.74, 6) is -0.0323. The predicted octanol–water partition coefficient (Wildman–Crippen LogP) is 4.26. The van der Waals surface area contributed by atoms with Crippen LogP contribution in [0.4, 0.5) is 0 Å². The highest BCUT2D eigenvalue weighted by atomic mass is 35.5. The summed E-state index contributed by atoms with van der Waals surface area (Å²) >= 11 is 7.40. The predicted molar refractivity (Wildman–Crippen MR) is 103 cm³/mol. The van der Waals surface area contributed by atoms with Crippen molar-refractivity contribution in [3.63, 3.8) is 0 Å². The van der Waals surface area contributed by atoms with E-state index in [1.54, 1.807) is 11.9 Å². The molecule has 2 amide bonds. The molecule has 1 unspecified atom stereocenters. The molecule has 25 heavy (non-hydrogen) atoms. The average Bonchev–Trinajstić information content (AvgIpc) is 2.97. The number of hydrogen-bond donors (Lipinski definition) is 1. The first-order chi connectivity index (χ1) is 11.9. The van der Waals surface area contributed by atoms with Crippen LogP contribution in [-0.2, 0) is 16.1 Å². The molecule has 1 aromatic carbocycles. The molecule has 1 N–H and O–H groups in total. The first-order valence-corrected chi connectivity index (χ1v) is 9.39. The summed E-state index contributed by atoms with van der Waals surface area (Å²) in [6.45, 7) is 4.41. The zero-order valence-corrected chi connectivity index (χ0v) is 16.2. The highest BCUT2D eigenvalue weighted by Crippen LogP contribution is 2.24. The number of likely N-dealkylation sites (N-methyl/N-ethyl adjacent to an activating group) is 1. The molecule has 0 aliphatic heterocycles. The van der Waals surface area contributed by atoms with Crippen molar-refractivity contribution in [1.82, 2.24) is 10.2 Å². The Hall–Kier alpha value is -1.85. The van der Waals surface area contributed by atoms with E-state index in [0.29, 0.717) is 17.3 Å². The van der Waals surface area contributed by atoms with Crippen molar-refractivity contribution < 1.29 is 9.59 Å². The van der Waals surface area contributed by atoms with Crippen LogP contribution in [0.3, 0.4) is 0 Å². The second-order valence-electron chi connectivity index (χ2n) is 6.41. The van der Waals surface area contributed by atoms with Crippen molar-refractivity contribution in [1.29, 1.82) is 0 Å². The maximum absolute atomic E-state index is 13.0. The second kappa shape index (κ2) is 9.02. The van der Waals surface area contributed by atoms with Crippen LogP contribution >= 0.6 is 22.9 Å². The fourth-order valence-electron chi connectivity index (χ4n) is 2.49. The maximum atomic E-state index is 13.0. The lowest BCUT2D eigenvalue weighted by atomic mass is 10.0. The van der Waals surface area contributed by atoms with Crippen molar-refractivity contribution in [3.8, 4) is 0 Å². The Balaban J connectivity index is 2.15. The molecule has 4 nitrogen and oxygen atoms in total. The number of hydrogen-bond acceptors (Lipinski definition) is 3. The van der Waals surface area contributed by atoms with Crippen molar-refractivity contribution in [2.45, 2.75) is 32.9 Å². The first-order valence-electron chi connectivity index (χ1n) is 8.20. The molecule has 0 bridgehead atoms. The number of rotatable bonds is 7. The van der Waals surface area contributed by atoms with Gasteiger partial charge in [0.15, 0.2) is 0 Å². The van der Waals surface area contributed by atoms with Crippen LogP contribution < -0.4 is 5.32 Å². The Bertz CT molecular complexity index is 715. The molecule has 0 saturated carbocycles. The quantitative estimate of drug-likeness (QED) is 0.782. The fourth-order valence-corrected chi connectivity index (χ4v) is 3.63. The molecule has 2 rings (SSSR count). The van der Waals surface area contributed by atoms with Crippen molar-refractivity contribution in [2.75, 3.05) is 7.05 Å². The summed E-state index contributed by atoms with van der Waals surface area (Å²) < 4.78 is 0.695. The minimum absolute atomic E-state index is 0.121. The van der Waals surface area contributed by atoms with Gasteiger partial charge in [-0.25, -0.2) is 0 Å². The van der Waals surface area contributed by atoms with E-state index < -0.39 is 6.04 Å². The number of carbonyl (C=O) groups is 2. The highest BCUT2D eigenvalue weighted by Gasteiger charge is 2.26. The van der Waals surface area contributed by atoms with Gasteiger partial charge >= 0.3 is 0 Å². The molecule has 0 radical (unpaired) electrons. The van der Waals surface area contributed by atoms with Gasteiger partial charge in [0.1, 0.15) is 6.04 Å². The Kier molecular flexibility index (Phi) is 7.02. The fraction of sp³-hybridized carbons (Fsp3) is 0.368. The van der Waals surface area contributed by atoms with E-state index in [-0.39, 0.29) is 17.7 Å². The van der Waals surface area contributed by atoms with Gasteiger partial charge in [-0.2, -0.15) is 0 Å². The number of halogens is 1. The van der Waals surface area contributed by atoms with Crippen molar-refractivity contribution >= 4 is 34.8 Å². The van der Waals surface area contributed by atoms with Crippen LogP contribution in [0.5, 0.6) is 0 Å². The van der Waals surface area contributed by atoms with Gasteiger partial charge in [-0.1, -0.05) is 55.8 Å². The molecule has 0 spiro atoms. The van der Waals surface area contributed by atoms with Crippen LogP contribution in [0, 0.1) is 5.92 Å². The molecule has 0 saturated heterocycles. The van der Waals surface area contributed by atoms with Crippen LogP contribution in [0.1, 0.15) is 36.8 Å². The monoisotopic (exact) mass is 378 g/mol. The van der Waals surface area contributed by atoms with Crippen LogP contribution in [-0.4, -0.2) is 23.8 Å². The molecule has 6 heteroatoms. The Morgan fingerprint density at radius 2 is 1.84 bits per heavy atom. The van der Waals surface area contributed by atoms with Crippen molar-refractivity contribution in [2.24, 2.45) is 5.92 Å². The lowest BCUT2D eigenvalue weighted by Crippen LogP contribution is -2.41. The van der Waals surface area contributed by atoms with Crippen LogP contribution in [0.15, 0.2) is 42.5 Å². The third-order valence-corrected chi connectivity index (χ3v) is 4.89. The van der Waals surface area contributed by atoms with E-state index in [0.717, 1.165) is 10.4 Å². The second-order valence-corrected chi connectivity index (χ2v) is 8.21. The molecule has 134 valence electrons. The number of nitrogens with one attached hydrogen (secondary N) is 1. The van der Waals surface area contributed by atoms with Crippen LogP contribution in [0.2, 0.25) is 4.34 Å². The van der Waals surface area contributed by atoms with Gasteiger partial charge in [0.25, 0.3) is 0 Å². The van der Waals surface area contributed by atoms with E-state index >= 15 is 0 Å². The van der Waals surface area contributed by atoms with Gasteiger partial charge in [-0.15, -0.1) is 11.3 Å². The number of benzene rings is 1. The van der Waals surface area contributed by atoms with Gasteiger partial charge in [0.2, 0.25) is 11.8 Å². The Morgan fingerprint density at radius 1 is 1.16 bits per heavy atom. The summed E-state index contributed by atoms with van der Waals surface area (Å²) in [5.41, 5.74) is 0.778. The summed E-state index contributed by atoms with van der Waals surface area (Å²) in [6, 6.07) is 12.4. The van der Waals surface area contributed by atoms with E-state index in [1.165, 1.54) is 11.3 Å². The summed E-state index contributed by atoms with van der Waals surface area (Å²) in [6.07, 6.45) is 0.390. The number of nitrogens with zero attached hydrogens (tertiary/aromatic N) is 1. The lowest BCUT2D eigenvalue weighted by molar-refractivity contribution is -0.136. The number of thiophene rings is 1. The zero-order chi connectivity index (χ0) is 18.4. The number of amides is 2. The molecule has 1 atom stereocenters. The molecule has 0 aliphatic carbocycles. The molecule has 2 aromatic rings. The third kappa shape index (κ3) is 5.87. The van der Waals surface area contributed by atoms with E-state index in [4.69, 9.17) is 11.6 Å². The largest absolute Gasteiger partial charge is 0.341 e. The van der Waals surface area contributed by atoms with Gasteiger partial charge in [-0.3, -0.25) is 9.59 Å². The zero-order valence-electron chi connectivity index (χ0n) is 14.7. The maximum Gasteiger partial charge on any atom is 0.249 e. The lowest BCUT2D eigenvalue weighted by Gasteiger charge is -2.25. The molecular formula is C19H23ClN2O2S.